The Morgan fingerprint density at radius 1 is 0.962 bits per heavy atom. The van der Waals surface area contributed by atoms with Gasteiger partial charge in [0, 0.05) is 24.9 Å². The highest BCUT2D eigenvalue weighted by atomic mass is 32.2. The van der Waals surface area contributed by atoms with Crippen LogP contribution in [0.15, 0.2) is 46.3 Å². The van der Waals surface area contributed by atoms with Crippen molar-refractivity contribution in [1.82, 2.24) is 4.31 Å². The van der Waals surface area contributed by atoms with E-state index in [9.17, 15) is 23.7 Å². The second-order valence-corrected chi connectivity index (χ2v) is 7.58. The number of morpholine rings is 1. The van der Waals surface area contributed by atoms with Crippen LogP contribution in [0.3, 0.4) is 0 Å². The molecule has 1 aliphatic rings. The van der Waals surface area contributed by atoms with Gasteiger partial charge in [-0.1, -0.05) is 0 Å². The largest absolute Gasteiger partial charge is 0.504 e. The van der Waals surface area contributed by atoms with E-state index in [1.165, 1.54) is 34.8 Å². The minimum atomic E-state index is -3.56. The zero-order chi connectivity index (χ0) is 18.7. The molecule has 0 saturated carbocycles. The highest BCUT2D eigenvalue weighted by molar-refractivity contribution is 7.89. The van der Waals surface area contributed by atoms with Gasteiger partial charge in [-0.2, -0.15) is 4.31 Å². The predicted molar refractivity (Wildman–Crippen MR) is 94.7 cm³/mol. The van der Waals surface area contributed by atoms with Gasteiger partial charge in [0.25, 0.3) is 0 Å². The first-order valence-electron chi connectivity index (χ1n) is 7.85. The molecule has 8 nitrogen and oxygen atoms in total. The first kappa shape index (κ1) is 18.2. The number of phenols is 3. The number of aromatic hydroxyl groups is 3. The summed E-state index contributed by atoms with van der Waals surface area (Å²) in [6, 6.07) is 8.64. The van der Waals surface area contributed by atoms with E-state index in [4.69, 9.17) is 4.74 Å². The van der Waals surface area contributed by atoms with Crippen LogP contribution in [0.25, 0.3) is 0 Å². The molecule has 26 heavy (non-hydrogen) atoms. The SMILES string of the molecule is O=S(=O)(c1ccc(N=Cc2ccc(O)c(O)c2O)cc1)N1CCOCC1. The highest BCUT2D eigenvalue weighted by Gasteiger charge is 2.26. The van der Waals surface area contributed by atoms with Crippen molar-refractivity contribution in [2.45, 2.75) is 4.90 Å². The van der Waals surface area contributed by atoms with Crippen LogP contribution in [-0.2, 0) is 14.8 Å². The summed E-state index contributed by atoms with van der Waals surface area (Å²) >= 11 is 0. The Morgan fingerprint density at radius 3 is 2.27 bits per heavy atom. The molecule has 138 valence electrons. The minimum absolute atomic E-state index is 0.170. The zero-order valence-electron chi connectivity index (χ0n) is 13.7. The number of ether oxygens (including phenoxy) is 1. The van der Waals surface area contributed by atoms with Crippen molar-refractivity contribution in [3.63, 3.8) is 0 Å². The van der Waals surface area contributed by atoms with Gasteiger partial charge in [0.1, 0.15) is 0 Å². The third kappa shape index (κ3) is 3.64. The molecule has 2 aromatic rings. The summed E-state index contributed by atoms with van der Waals surface area (Å²) in [5, 5.41) is 28.5. The summed E-state index contributed by atoms with van der Waals surface area (Å²) in [4.78, 5) is 4.31. The molecule has 1 aliphatic heterocycles. The molecule has 2 aromatic carbocycles. The van der Waals surface area contributed by atoms with Crippen molar-refractivity contribution >= 4 is 21.9 Å². The van der Waals surface area contributed by atoms with Crippen molar-refractivity contribution < 1.29 is 28.5 Å². The van der Waals surface area contributed by atoms with Crippen LogP contribution in [0, 0.1) is 0 Å². The first-order chi connectivity index (χ1) is 12.4. The van der Waals surface area contributed by atoms with Crippen molar-refractivity contribution in [3.8, 4) is 17.2 Å². The van der Waals surface area contributed by atoms with E-state index in [-0.39, 0.29) is 10.5 Å². The van der Waals surface area contributed by atoms with E-state index in [0.717, 1.165) is 0 Å². The number of phenolic OH excluding ortho intramolecular Hbond substituents is 3. The van der Waals surface area contributed by atoms with Crippen molar-refractivity contribution in [2.24, 2.45) is 4.99 Å². The quantitative estimate of drug-likeness (QED) is 0.549. The summed E-state index contributed by atoms with van der Waals surface area (Å²) in [6.07, 6.45) is 1.31. The summed E-state index contributed by atoms with van der Waals surface area (Å²) in [7, 11) is -3.56. The lowest BCUT2D eigenvalue weighted by atomic mass is 10.2. The Hall–Kier alpha value is -2.62. The molecular formula is C17H18N2O6S. The standard InChI is InChI=1S/C17H18N2O6S/c20-15-6-1-12(16(21)17(15)22)11-18-13-2-4-14(5-3-13)26(23,24)19-7-9-25-10-8-19/h1-6,11,20-22H,7-10H2. The molecule has 0 aliphatic carbocycles. The van der Waals surface area contributed by atoms with E-state index >= 15 is 0 Å². The molecule has 0 amide bonds. The molecular weight excluding hydrogens is 360 g/mol. The number of nitrogens with zero attached hydrogens (tertiary/aromatic N) is 2. The normalized spacial score (nSPS) is 16.2. The van der Waals surface area contributed by atoms with Gasteiger partial charge < -0.3 is 20.1 Å². The first-order valence-corrected chi connectivity index (χ1v) is 9.29. The van der Waals surface area contributed by atoms with E-state index in [0.29, 0.717) is 32.0 Å². The number of hydrogen-bond acceptors (Lipinski definition) is 7. The third-order valence-electron chi connectivity index (χ3n) is 3.96. The van der Waals surface area contributed by atoms with Gasteiger partial charge in [-0.05, 0) is 36.4 Å². The third-order valence-corrected chi connectivity index (χ3v) is 5.87. The molecule has 1 fully saturated rings. The fraction of sp³-hybridized carbons (Fsp3) is 0.235. The van der Waals surface area contributed by atoms with Crippen LogP contribution >= 0.6 is 0 Å². The van der Waals surface area contributed by atoms with E-state index in [1.807, 2.05) is 0 Å². The number of rotatable bonds is 4. The van der Waals surface area contributed by atoms with Crippen LogP contribution in [0.2, 0.25) is 0 Å². The van der Waals surface area contributed by atoms with Crippen LogP contribution in [-0.4, -0.2) is 60.6 Å². The van der Waals surface area contributed by atoms with Crippen molar-refractivity contribution in [3.05, 3.63) is 42.0 Å². The minimum Gasteiger partial charge on any atom is -0.504 e. The summed E-state index contributed by atoms with van der Waals surface area (Å²) in [5.74, 6) is -1.54. The lowest BCUT2D eigenvalue weighted by molar-refractivity contribution is 0.0730. The average Bonchev–Trinajstić information content (AvgIpc) is 2.66. The number of aliphatic imine (C=N–C) groups is 1. The van der Waals surface area contributed by atoms with Crippen molar-refractivity contribution in [1.29, 1.82) is 0 Å². The molecule has 0 radical (unpaired) electrons. The van der Waals surface area contributed by atoms with Gasteiger partial charge in [0.05, 0.1) is 23.8 Å². The van der Waals surface area contributed by atoms with E-state index in [1.54, 1.807) is 12.1 Å². The van der Waals surface area contributed by atoms with Crippen molar-refractivity contribution in [2.75, 3.05) is 26.3 Å². The maximum absolute atomic E-state index is 12.5. The fourth-order valence-corrected chi connectivity index (χ4v) is 3.88. The fourth-order valence-electron chi connectivity index (χ4n) is 2.47. The van der Waals surface area contributed by atoms with Gasteiger partial charge >= 0.3 is 0 Å². The lowest BCUT2D eigenvalue weighted by Gasteiger charge is -2.26. The predicted octanol–water partition coefficient (Wildman–Crippen LogP) is 1.57. The Morgan fingerprint density at radius 2 is 1.62 bits per heavy atom. The molecule has 3 rings (SSSR count). The summed E-state index contributed by atoms with van der Waals surface area (Å²) < 4.78 is 31.6. The van der Waals surface area contributed by atoms with Crippen LogP contribution < -0.4 is 0 Å². The molecule has 1 heterocycles. The number of sulfonamides is 1. The van der Waals surface area contributed by atoms with E-state index < -0.39 is 27.3 Å². The Labute approximate surface area is 150 Å². The van der Waals surface area contributed by atoms with Gasteiger partial charge in [0.2, 0.25) is 15.8 Å². The molecule has 0 bridgehead atoms. The smallest absolute Gasteiger partial charge is 0.243 e. The Balaban J connectivity index is 1.79. The number of hydrogen-bond donors (Lipinski definition) is 3. The van der Waals surface area contributed by atoms with Crippen LogP contribution in [0.4, 0.5) is 5.69 Å². The molecule has 0 aromatic heterocycles. The van der Waals surface area contributed by atoms with Crippen LogP contribution in [0.5, 0.6) is 17.2 Å². The summed E-state index contributed by atoms with van der Waals surface area (Å²) in [5.41, 5.74) is 0.684. The van der Waals surface area contributed by atoms with Gasteiger partial charge in [-0.3, -0.25) is 4.99 Å². The second kappa shape index (κ2) is 7.32. The molecule has 9 heteroatoms. The lowest BCUT2D eigenvalue weighted by Crippen LogP contribution is -2.40. The Bertz CT molecular complexity index is 919. The maximum Gasteiger partial charge on any atom is 0.243 e. The van der Waals surface area contributed by atoms with Gasteiger partial charge in [-0.15, -0.1) is 0 Å². The second-order valence-electron chi connectivity index (χ2n) is 5.64. The topological polar surface area (TPSA) is 120 Å². The molecule has 0 unspecified atom stereocenters. The number of benzene rings is 2. The molecule has 0 spiro atoms. The van der Waals surface area contributed by atoms with Gasteiger partial charge in [-0.25, -0.2) is 8.42 Å². The van der Waals surface area contributed by atoms with E-state index in [2.05, 4.69) is 4.99 Å². The van der Waals surface area contributed by atoms with Gasteiger partial charge in [0.15, 0.2) is 11.5 Å². The molecule has 3 N–H and O–H groups in total. The Kier molecular flexibility index (Phi) is 5.12. The zero-order valence-corrected chi connectivity index (χ0v) is 14.6. The maximum atomic E-state index is 12.5. The van der Waals surface area contributed by atoms with Crippen LogP contribution in [0.1, 0.15) is 5.56 Å². The monoisotopic (exact) mass is 378 g/mol. The highest BCUT2D eigenvalue weighted by Crippen LogP contribution is 2.36. The molecule has 0 atom stereocenters. The average molecular weight is 378 g/mol. The summed E-state index contributed by atoms with van der Waals surface area (Å²) in [6.45, 7) is 1.41. The molecule has 1 saturated heterocycles.